The van der Waals surface area contributed by atoms with Crippen molar-refractivity contribution in [2.24, 2.45) is 0 Å². The van der Waals surface area contributed by atoms with E-state index in [0.717, 1.165) is 33.3 Å². The smallest absolute Gasteiger partial charge is 0.127 e. The van der Waals surface area contributed by atoms with Crippen LogP contribution in [0.2, 0.25) is 0 Å². The van der Waals surface area contributed by atoms with E-state index in [-0.39, 0.29) is 0 Å². The van der Waals surface area contributed by atoms with E-state index >= 15 is 0 Å². The molecule has 4 heteroatoms. The third-order valence-corrected chi connectivity index (χ3v) is 4.28. The van der Waals surface area contributed by atoms with Crippen molar-refractivity contribution in [1.82, 2.24) is 9.97 Å². The topological polar surface area (TPSA) is 35.0 Å². The van der Waals surface area contributed by atoms with Gasteiger partial charge in [-0.25, -0.2) is 9.97 Å². The summed E-state index contributed by atoms with van der Waals surface area (Å²) in [4.78, 5) is 9.06. The number of rotatable bonds is 4. The maximum Gasteiger partial charge on any atom is 0.127 e. The molecule has 0 atom stereocenters. The molecule has 0 aliphatic rings. The van der Waals surface area contributed by atoms with Crippen molar-refractivity contribution in [2.75, 3.05) is 7.11 Å². The monoisotopic (exact) mass is 296 g/mol. The van der Waals surface area contributed by atoms with E-state index in [0.29, 0.717) is 0 Å². The summed E-state index contributed by atoms with van der Waals surface area (Å²) in [6, 6.07) is 16.2. The maximum atomic E-state index is 5.40. The van der Waals surface area contributed by atoms with Crippen LogP contribution in [0.4, 0.5) is 0 Å². The van der Waals surface area contributed by atoms with Gasteiger partial charge in [-0.1, -0.05) is 36.4 Å². The minimum atomic E-state index is 0.802. The summed E-state index contributed by atoms with van der Waals surface area (Å²) in [7, 11) is 1.70. The van der Waals surface area contributed by atoms with Gasteiger partial charge in [0, 0.05) is 16.7 Å². The van der Waals surface area contributed by atoms with E-state index in [2.05, 4.69) is 22.1 Å². The fraction of sp³-hybridized carbons (Fsp3) is 0.176. The highest BCUT2D eigenvalue weighted by molar-refractivity contribution is 7.98. The number of methoxy groups -OCH3 is 1. The van der Waals surface area contributed by atoms with Gasteiger partial charge in [0.2, 0.25) is 0 Å². The van der Waals surface area contributed by atoms with Crippen LogP contribution in [-0.4, -0.2) is 17.1 Å². The molecule has 0 bridgehead atoms. The zero-order chi connectivity index (χ0) is 14.7. The molecular formula is C17H16N2OS. The number of ether oxygens (including phenoxy) is 1. The first kappa shape index (κ1) is 13.9. The molecule has 3 aromatic rings. The summed E-state index contributed by atoms with van der Waals surface area (Å²) in [5.41, 5.74) is 2.16. The average molecular weight is 296 g/mol. The zero-order valence-electron chi connectivity index (χ0n) is 12.0. The molecule has 1 aromatic heterocycles. The molecule has 21 heavy (non-hydrogen) atoms. The van der Waals surface area contributed by atoms with Gasteiger partial charge in [0.15, 0.2) is 0 Å². The van der Waals surface area contributed by atoms with Crippen molar-refractivity contribution in [3.8, 4) is 5.75 Å². The van der Waals surface area contributed by atoms with Crippen molar-refractivity contribution in [2.45, 2.75) is 17.7 Å². The molecule has 0 aliphatic carbocycles. The first-order valence-corrected chi connectivity index (χ1v) is 7.74. The Morgan fingerprint density at radius 2 is 1.76 bits per heavy atom. The molecule has 3 rings (SSSR count). The SMILES string of the molecule is COc1ccccc1CSc1nc(C)nc2ccccc12. The fourth-order valence-electron chi connectivity index (χ4n) is 2.24. The second-order valence-corrected chi connectivity index (χ2v) is 5.66. The number of fused-ring (bicyclic) bond motifs is 1. The average Bonchev–Trinajstić information content (AvgIpc) is 2.52. The van der Waals surface area contributed by atoms with Crippen molar-refractivity contribution in [3.05, 3.63) is 59.9 Å². The van der Waals surface area contributed by atoms with E-state index in [1.165, 1.54) is 5.56 Å². The zero-order valence-corrected chi connectivity index (χ0v) is 12.9. The molecule has 0 radical (unpaired) electrons. The quantitative estimate of drug-likeness (QED) is 0.533. The van der Waals surface area contributed by atoms with Gasteiger partial charge in [-0.2, -0.15) is 0 Å². The molecule has 1 heterocycles. The number of nitrogens with zero attached hydrogens (tertiary/aromatic N) is 2. The molecule has 0 spiro atoms. The van der Waals surface area contributed by atoms with E-state index in [1.54, 1.807) is 18.9 Å². The Hall–Kier alpha value is -2.07. The number of thioether (sulfide) groups is 1. The largest absolute Gasteiger partial charge is 0.496 e. The van der Waals surface area contributed by atoms with E-state index in [9.17, 15) is 0 Å². The predicted octanol–water partition coefficient (Wildman–Crippen LogP) is 4.24. The van der Waals surface area contributed by atoms with Gasteiger partial charge in [-0.15, -0.1) is 11.8 Å². The molecule has 0 fully saturated rings. The molecule has 2 aromatic carbocycles. The second-order valence-electron chi connectivity index (χ2n) is 4.69. The summed E-state index contributed by atoms with van der Waals surface area (Å²) in [6.45, 7) is 1.93. The van der Waals surface area contributed by atoms with Crippen LogP contribution in [0.25, 0.3) is 10.9 Å². The van der Waals surface area contributed by atoms with Crippen LogP contribution in [-0.2, 0) is 5.75 Å². The third kappa shape index (κ3) is 3.00. The Balaban J connectivity index is 1.92. The Morgan fingerprint density at radius 3 is 2.62 bits per heavy atom. The Morgan fingerprint density at radius 1 is 1.00 bits per heavy atom. The second kappa shape index (κ2) is 6.14. The maximum absolute atomic E-state index is 5.40. The van der Waals surface area contributed by atoms with Gasteiger partial charge < -0.3 is 4.74 Å². The Labute approximate surface area is 128 Å². The Kier molecular flexibility index (Phi) is 4.06. The third-order valence-electron chi connectivity index (χ3n) is 3.24. The number of hydrogen-bond donors (Lipinski definition) is 0. The highest BCUT2D eigenvalue weighted by Gasteiger charge is 2.08. The van der Waals surface area contributed by atoms with Crippen LogP contribution in [0, 0.1) is 6.92 Å². The molecule has 0 saturated heterocycles. The predicted molar refractivity (Wildman–Crippen MR) is 86.8 cm³/mol. The molecule has 0 aliphatic heterocycles. The van der Waals surface area contributed by atoms with Crippen molar-refractivity contribution in [3.63, 3.8) is 0 Å². The Bertz CT molecular complexity index is 774. The number of benzene rings is 2. The van der Waals surface area contributed by atoms with Crippen LogP contribution in [0.5, 0.6) is 5.75 Å². The standard InChI is InChI=1S/C17H16N2OS/c1-12-18-15-9-5-4-8-14(15)17(19-12)21-11-13-7-3-6-10-16(13)20-2/h3-10H,11H2,1-2H3. The van der Waals surface area contributed by atoms with Crippen LogP contribution in [0.3, 0.4) is 0 Å². The fourth-order valence-corrected chi connectivity index (χ4v) is 3.29. The summed E-state index contributed by atoms with van der Waals surface area (Å²) in [5.74, 6) is 2.54. The number of hydrogen-bond acceptors (Lipinski definition) is 4. The van der Waals surface area contributed by atoms with Crippen LogP contribution >= 0.6 is 11.8 Å². The molecule has 0 amide bonds. The van der Waals surface area contributed by atoms with Gasteiger partial charge in [0.05, 0.1) is 12.6 Å². The highest BCUT2D eigenvalue weighted by Crippen LogP contribution is 2.30. The van der Waals surface area contributed by atoms with Crippen LogP contribution in [0.15, 0.2) is 53.6 Å². The van der Waals surface area contributed by atoms with E-state index in [4.69, 9.17) is 4.74 Å². The van der Waals surface area contributed by atoms with Gasteiger partial charge in [-0.05, 0) is 19.1 Å². The number of aromatic nitrogens is 2. The van der Waals surface area contributed by atoms with E-state index < -0.39 is 0 Å². The molecular weight excluding hydrogens is 280 g/mol. The minimum Gasteiger partial charge on any atom is -0.496 e. The van der Waals surface area contributed by atoms with Gasteiger partial charge in [0.25, 0.3) is 0 Å². The number of aryl methyl sites for hydroxylation is 1. The molecule has 0 unspecified atom stereocenters. The molecule has 3 nitrogen and oxygen atoms in total. The van der Waals surface area contributed by atoms with Gasteiger partial charge >= 0.3 is 0 Å². The highest BCUT2D eigenvalue weighted by atomic mass is 32.2. The summed E-state index contributed by atoms with van der Waals surface area (Å²) < 4.78 is 5.40. The van der Waals surface area contributed by atoms with Gasteiger partial charge in [-0.3, -0.25) is 0 Å². The minimum absolute atomic E-state index is 0.802. The lowest BCUT2D eigenvalue weighted by atomic mass is 10.2. The van der Waals surface area contributed by atoms with Crippen molar-refractivity contribution < 1.29 is 4.74 Å². The van der Waals surface area contributed by atoms with E-state index in [1.807, 2.05) is 43.3 Å². The number of para-hydroxylation sites is 2. The van der Waals surface area contributed by atoms with Crippen molar-refractivity contribution in [1.29, 1.82) is 0 Å². The molecule has 0 saturated carbocycles. The normalized spacial score (nSPS) is 10.8. The lowest BCUT2D eigenvalue weighted by molar-refractivity contribution is 0.411. The van der Waals surface area contributed by atoms with Crippen molar-refractivity contribution >= 4 is 22.7 Å². The summed E-state index contributed by atoms with van der Waals surface area (Å²) in [6.07, 6.45) is 0. The summed E-state index contributed by atoms with van der Waals surface area (Å²) in [5, 5.41) is 2.12. The molecule has 106 valence electrons. The summed E-state index contributed by atoms with van der Waals surface area (Å²) >= 11 is 1.72. The van der Waals surface area contributed by atoms with Crippen LogP contribution in [0.1, 0.15) is 11.4 Å². The van der Waals surface area contributed by atoms with Crippen LogP contribution < -0.4 is 4.74 Å². The molecule has 0 N–H and O–H groups in total. The lowest BCUT2D eigenvalue weighted by Crippen LogP contribution is -1.94. The first-order valence-electron chi connectivity index (χ1n) is 6.76. The van der Waals surface area contributed by atoms with Gasteiger partial charge in [0.1, 0.15) is 16.6 Å². The first-order chi connectivity index (χ1) is 10.3. The lowest BCUT2D eigenvalue weighted by Gasteiger charge is -2.09.